The molecule has 1 aliphatic heterocycles. The molecule has 2 aromatic rings. The fourth-order valence-corrected chi connectivity index (χ4v) is 4.25. The number of hydrogen-bond acceptors (Lipinski definition) is 3. The van der Waals surface area contributed by atoms with E-state index in [0.29, 0.717) is 6.04 Å². The van der Waals surface area contributed by atoms with Gasteiger partial charge in [0.15, 0.2) is 0 Å². The van der Waals surface area contributed by atoms with Crippen LogP contribution < -0.4 is 0 Å². The summed E-state index contributed by atoms with van der Waals surface area (Å²) in [6, 6.07) is 9.69. The van der Waals surface area contributed by atoms with E-state index >= 15 is 0 Å². The standard InChI is InChI=1S/C20H28N4/c1-16-21-19(14-22(16)2)15-23-8-5-9-24(11-10-23)20-12-17-6-3-4-7-18(17)13-20/h3-4,6-7,14,20H,5,8-13,15H2,1-2H3. The van der Waals surface area contributed by atoms with E-state index in [-0.39, 0.29) is 0 Å². The van der Waals surface area contributed by atoms with Crippen molar-refractivity contribution in [3.05, 3.63) is 53.1 Å². The molecule has 0 bridgehead atoms. The summed E-state index contributed by atoms with van der Waals surface area (Å²) in [7, 11) is 2.08. The number of benzene rings is 1. The van der Waals surface area contributed by atoms with E-state index in [4.69, 9.17) is 0 Å². The Morgan fingerprint density at radius 2 is 1.79 bits per heavy atom. The Kier molecular flexibility index (Phi) is 4.42. The summed E-state index contributed by atoms with van der Waals surface area (Å²) >= 11 is 0. The molecule has 2 aliphatic rings. The summed E-state index contributed by atoms with van der Waals surface area (Å²) in [5.74, 6) is 1.10. The van der Waals surface area contributed by atoms with Gasteiger partial charge in [-0.3, -0.25) is 9.80 Å². The largest absolute Gasteiger partial charge is 0.338 e. The van der Waals surface area contributed by atoms with Gasteiger partial charge in [-0.2, -0.15) is 0 Å². The molecule has 1 aromatic heterocycles. The summed E-state index contributed by atoms with van der Waals surface area (Å²) in [6.07, 6.45) is 5.90. The fourth-order valence-electron chi connectivity index (χ4n) is 4.25. The number of aromatic nitrogens is 2. The third-order valence-corrected chi connectivity index (χ3v) is 5.71. The minimum Gasteiger partial charge on any atom is -0.338 e. The molecule has 4 rings (SSSR count). The van der Waals surface area contributed by atoms with Crippen LogP contribution >= 0.6 is 0 Å². The molecular formula is C20H28N4. The first-order chi connectivity index (χ1) is 11.7. The van der Waals surface area contributed by atoms with E-state index in [0.717, 1.165) is 18.9 Å². The van der Waals surface area contributed by atoms with Gasteiger partial charge in [-0.25, -0.2) is 4.98 Å². The predicted octanol–water partition coefficient (Wildman–Crippen LogP) is 2.40. The van der Waals surface area contributed by atoms with Gasteiger partial charge in [0, 0.05) is 38.9 Å². The number of hydrogen-bond donors (Lipinski definition) is 0. The number of imidazole rings is 1. The van der Waals surface area contributed by atoms with E-state index in [1.807, 2.05) is 0 Å². The third kappa shape index (κ3) is 3.26. The van der Waals surface area contributed by atoms with E-state index < -0.39 is 0 Å². The van der Waals surface area contributed by atoms with Crippen LogP contribution in [0.25, 0.3) is 0 Å². The summed E-state index contributed by atoms with van der Waals surface area (Å²) < 4.78 is 2.12. The van der Waals surface area contributed by atoms with Crippen molar-refractivity contribution in [3.63, 3.8) is 0 Å². The van der Waals surface area contributed by atoms with Gasteiger partial charge in [0.1, 0.15) is 5.82 Å². The zero-order chi connectivity index (χ0) is 16.5. The van der Waals surface area contributed by atoms with E-state index in [9.17, 15) is 0 Å². The molecule has 0 amide bonds. The Balaban J connectivity index is 1.35. The van der Waals surface area contributed by atoms with Crippen LogP contribution in [0.5, 0.6) is 0 Å². The van der Waals surface area contributed by atoms with Gasteiger partial charge in [0.05, 0.1) is 5.69 Å². The summed E-state index contributed by atoms with van der Waals surface area (Å²) in [4.78, 5) is 9.97. The van der Waals surface area contributed by atoms with Crippen molar-refractivity contribution in [2.75, 3.05) is 26.2 Å². The Hall–Kier alpha value is -1.65. The molecule has 0 unspecified atom stereocenters. The second-order valence-corrected chi connectivity index (χ2v) is 7.39. The number of aryl methyl sites for hydroxylation is 2. The van der Waals surface area contributed by atoms with Crippen molar-refractivity contribution in [1.29, 1.82) is 0 Å². The number of rotatable bonds is 3. The molecule has 4 nitrogen and oxygen atoms in total. The first-order valence-electron chi connectivity index (χ1n) is 9.21. The van der Waals surface area contributed by atoms with Crippen LogP contribution in [0.4, 0.5) is 0 Å². The maximum absolute atomic E-state index is 4.67. The van der Waals surface area contributed by atoms with E-state index in [2.05, 4.69) is 63.8 Å². The number of fused-ring (bicyclic) bond motifs is 1. The average molecular weight is 324 g/mol. The minimum absolute atomic E-state index is 0.708. The average Bonchev–Trinajstić information content (AvgIpc) is 3.04. The molecule has 0 atom stereocenters. The summed E-state index contributed by atoms with van der Waals surface area (Å²) in [5.41, 5.74) is 4.33. The van der Waals surface area contributed by atoms with Crippen LogP contribution in [0.3, 0.4) is 0 Å². The quantitative estimate of drug-likeness (QED) is 0.866. The van der Waals surface area contributed by atoms with Gasteiger partial charge in [0.25, 0.3) is 0 Å². The lowest BCUT2D eigenvalue weighted by molar-refractivity contribution is 0.200. The van der Waals surface area contributed by atoms with Crippen LogP contribution in [0.2, 0.25) is 0 Å². The molecule has 0 radical (unpaired) electrons. The van der Waals surface area contributed by atoms with Crippen molar-refractivity contribution in [3.8, 4) is 0 Å². The van der Waals surface area contributed by atoms with Crippen LogP contribution in [-0.4, -0.2) is 51.6 Å². The molecule has 24 heavy (non-hydrogen) atoms. The highest BCUT2D eigenvalue weighted by Gasteiger charge is 2.28. The van der Waals surface area contributed by atoms with Gasteiger partial charge in [-0.15, -0.1) is 0 Å². The van der Waals surface area contributed by atoms with Gasteiger partial charge < -0.3 is 4.57 Å². The predicted molar refractivity (Wildman–Crippen MR) is 97.1 cm³/mol. The van der Waals surface area contributed by atoms with Gasteiger partial charge in [-0.1, -0.05) is 24.3 Å². The lowest BCUT2D eigenvalue weighted by atomic mass is 10.1. The zero-order valence-corrected chi connectivity index (χ0v) is 14.9. The van der Waals surface area contributed by atoms with E-state index in [1.54, 1.807) is 11.1 Å². The Bertz CT molecular complexity index is 661. The maximum Gasteiger partial charge on any atom is 0.105 e. The van der Waals surface area contributed by atoms with Crippen molar-refractivity contribution in [1.82, 2.24) is 19.4 Å². The van der Waals surface area contributed by atoms with Crippen LogP contribution in [-0.2, 0) is 26.4 Å². The van der Waals surface area contributed by atoms with E-state index in [1.165, 1.54) is 44.6 Å². The normalized spacial score (nSPS) is 20.2. The minimum atomic E-state index is 0.708. The molecule has 1 aromatic carbocycles. The summed E-state index contributed by atoms with van der Waals surface area (Å²) in [5, 5.41) is 0. The van der Waals surface area contributed by atoms with Crippen LogP contribution in [0, 0.1) is 6.92 Å². The summed E-state index contributed by atoms with van der Waals surface area (Å²) in [6.45, 7) is 7.82. The lowest BCUT2D eigenvalue weighted by Crippen LogP contribution is -2.38. The molecule has 2 heterocycles. The highest BCUT2D eigenvalue weighted by Crippen LogP contribution is 2.26. The van der Waals surface area contributed by atoms with Crippen molar-refractivity contribution in [2.45, 2.75) is 38.8 Å². The second kappa shape index (κ2) is 6.69. The van der Waals surface area contributed by atoms with Crippen molar-refractivity contribution in [2.24, 2.45) is 7.05 Å². The molecule has 1 saturated heterocycles. The van der Waals surface area contributed by atoms with Crippen molar-refractivity contribution >= 4 is 0 Å². The number of nitrogens with zero attached hydrogens (tertiary/aromatic N) is 4. The monoisotopic (exact) mass is 324 g/mol. The van der Waals surface area contributed by atoms with Gasteiger partial charge in [-0.05, 0) is 50.4 Å². The highest BCUT2D eigenvalue weighted by molar-refractivity contribution is 5.33. The Morgan fingerprint density at radius 3 is 2.46 bits per heavy atom. The molecule has 1 fully saturated rings. The first kappa shape index (κ1) is 15.9. The molecule has 4 heteroatoms. The zero-order valence-electron chi connectivity index (χ0n) is 14.9. The van der Waals surface area contributed by atoms with Crippen LogP contribution in [0.1, 0.15) is 29.1 Å². The Morgan fingerprint density at radius 1 is 1.04 bits per heavy atom. The molecule has 0 spiro atoms. The second-order valence-electron chi connectivity index (χ2n) is 7.39. The van der Waals surface area contributed by atoms with Crippen molar-refractivity contribution < 1.29 is 0 Å². The molecule has 1 aliphatic carbocycles. The molecule has 128 valence electrons. The van der Waals surface area contributed by atoms with Gasteiger partial charge >= 0.3 is 0 Å². The SMILES string of the molecule is Cc1nc(CN2CCCN(C3Cc4ccccc4C3)CC2)cn1C. The van der Waals surface area contributed by atoms with Crippen LogP contribution in [0.15, 0.2) is 30.5 Å². The maximum atomic E-state index is 4.67. The Labute approximate surface area is 145 Å². The molecule has 0 N–H and O–H groups in total. The molecular weight excluding hydrogens is 296 g/mol. The highest BCUT2D eigenvalue weighted by atomic mass is 15.2. The fraction of sp³-hybridized carbons (Fsp3) is 0.550. The third-order valence-electron chi connectivity index (χ3n) is 5.71. The topological polar surface area (TPSA) is 24.3 Å². The first-order valence-corrected chi connectivity index (χ1v) is 9.21. The molecule has 0 saturated carbocycles. The smallest absolute Gasteiger partial charge is 0.105 e. The lowest BCUT2D eigenvalue weighted by Gasteiger charge is -2.27. The van der Waals surface area contributed by atoms with Gasteiger partial charge in [0.2, 0.25) is 0 Å².